The highest BCUT2D eigenvalue weighted by Gasteiger charge is 2.22. The minimum Gasteiger partial charge on any atom is -0.493 e. The Bertz CT molecular complexity index is 1200. The van der Waals surface area contributed by atoms with Crippen LogP contribution >= 0.6 is 0 Å². The van der Waals surface area contributed by atoms with Gasteiger partial charge >= 0.3 is 6.09 Å². The van der Waals surface area contributed by atoms with Gasteiger partial charge in [0.15, 0.2) is 11.5 Å². The van der Waals surface area contributed by atoms with Gasteiger partial charge in [-0.15, -0.1) is 0 Å². The number of carbonyl (C=O) groups excluding carboxylic acids is 1. The number of aromatic nitrogens is 1. The SMILES string of the molecule is COc1cc(CN2CCN(CCOC(=O)NCCc3c[nH]c4c(C)cccc34)CC2)cc2c1OCO2. The number of alkyl carbamates (subject to hydrolysis) is 1. The molecule has 0 bridgehead atoms. The molecule has 2 aliphatic rings. The highest BCUT2D eigenvalue weighted by Crippen LogP contribution is 2.42. The molecule has 3 aromatic rings. The van der Waals surface area contributed by atoms with Crippen molar-refractivity contribution in [3.8, 4) is 17.2 Å². The van der Waals surface area contributed by atoms with Crippen LogP contribution in [0, 0.1) is 6.92 Å². The lowest BCUT2D eigenvalue weighted by Crippen LogP contribution is -2.47. The van der Waals surface area contributed by atoms with E-state index in [1.165, 1.54) is 16.5 Å². The summed E-state index contributed by atoms with van der Waals surface area (Å²) in [5.41, 5.74) is 4.73. The molecule has 9 nitrogen and oxygen atoms in total. The first-order chi connectivity index (χ1) is 17.6. The zero-order valence-corrected chi connectivity index (χ0v) is 21.0. The lowest BCUT2D eigenvalue weighted by Gasteiger charge is -2.34. The van der Waals surface area contributed by atoms with E-state index in [2.05, 4.69) is 45.2 Å². The van der Waals surface area contributed by atoms with Gasteiger partial charge in [-0.1, -0.05) is 18.2 Å². The van der Waals surface area contributed by atoms with Crippen LogP contribution in [0.5, 0.6) is 17.2 Å². The summed E-state index contributed by atoms with van der Waals surface area (Å²) in [5.74, 6) is 2.14. The van der Waals surface area contributed by atoms with Crippen molar-refractivity contribution in [2.45, 2.75) is 19.9 Å². The fourth-order valence-electron chi connectivity index (χ4n) is 4.89. The Morgan fingerprint density at radius 3 is 2.81 bits per heavy atom. The summed E-state index contributed by atoms with van der Waals surface area (Å²) >= 11 is 0. The molecular formula is C27H34N4O5. The van der Waals surface area contributed by atoms with Crippen molar-refractivity contribution in [3.05, 3.63) is 53.2 Å². The highest BCUT2D eigenvalue weighted by molar-refractivity contribution is 5.85. The van der Waals surface area contributed by atoms with Gasteiger partial charge in [0.05, 0.1) is 7.11 Å². The molecule has 36 heavy (non-hydrogen) atoms. The second-order valence-corrected chi connectivity index (χ2v) is 9.27. The maximum atomic E-state index is 12.1. The third-order valence-corrected chi connectivity index (χ3v) is 6.90. The molecule has 1 fully saturated rings. The topological polar surface area (TPSA) is 88.3 Å². The Kier molecular flexibility index (Phi) is 7.48. The van der Waals surface area contributed by atoms with Crippen LogP contribution in [0.3, 0.4) is 0 Å². The number of nitrogens with zero attached hydrogens (tertiary/aromatic N) is 2. The standard InChI is InChI=1S/C27H34N4O5/c1-19-4-3-5-22-21(16-29-25(19)22)6-7-28-27(32)34-13-12-30-8-10-31(11-9-30)17-20-14-23(33-2)26-24(15-20)35-18-36-26/h3-5,14-16,29H,6-13,17-18H2,1-2H3,(H,28,32). The third kappa shape index (κ3) is 5.52. The summed E-state index contributed by atoms with van der Waals surface area (Å²) in [7, 11) is 1.65. The van der Waals surface area contributed by atoms with Crippen LogP contribution in [0.15, 0.2) is 36.5 Å². The predicted molar refractivity (Wildman–Crippen MR) is 137 cm³/mol. The number of piperazine rings is 1. The number of nitrogens with one attached hydrogen (secondary N) is 2. The molecule has 0 unspecified atom stereocenters. The molecule has 1 aromatic heterocycles. The number of amides is 1. The maximum Gasteiger partial charge on any atom is 0.407 e. The number of H-pyrrole nitrogens is 1. The maximum absolute atomic E-state index is 12.1. The summed E-state index contributed by atoms with van der Waals surface area (Å²) in [6.07, 6.45) is 2.42. The molecule has 0 atom stereocenters. The van der Waals surface area contributed by atoms with Crippen LogP contribution in [-0.2, 0) is 17.7 Å². The zero-order valence-electron chi connectivity index (χ0n) is 21.0. The molecule has 1 saturated heterocycles. The lowest BCUT2D eigenvalue weighted by atomic mass is 10.1. The largest absolute Gasteiger partial charge is 0.493 e. The number of aryl methyl sites for hydroxylation is 1. The van der Waals surface area contributed by atoms with Crippen LogP contribution in [0.1, 0.15) is 16.7 Å². The number of para-hydroxylation sites is 1. The monoisotopic (exact) mass is 494 g/mol. The van der Waals surface area contributed by atoms with Crippen molar-refractivity contribution in [1.29, 1.82) is 0 Å². The lowest BCUT2D eigenvalue weighted by molar-refractivity contribution is 0.0927. The van der Waals surface area contributed by atoms with Crippen LogP contribution in [-0.4, -0.2) is 80.7 Å². The summed E-state index contributed by atoms with van der Waals surface area (Å²) in [6, 6.07) is 10.3. The molecule has 0 spiro atoms. The number of ether oxygens (including phenoxy) is 4. The molecular weight excluding hydrogens is 460 g/mol. The molecule has 3 heterocycles. The third-order valence-electron chi connectivity index (χ3n) is 6.90. The molecule has 9 heteroatoms. The van der Waals surface area contributed by atoms with Gasteiger partial charge in [0.1, 0.15) is 6.61 Å². The van der Waals surface area contributed by atoms with E-state index in [9.17, 15) is 4.79 Å². The fourth-order valence-corrected chi connectivity index (χ4v) is 4.89. The van der Waals surface area contributed by atoms with E-state index in [1.807, 2.05) is 18.3 Å². The van der Waals surface area contributed by atoms with Gasteiger partial charge in [0.25, 0.3) is 0 Å². The zero-order chi connectivity index (χ0) is 24.9. The molecule has 192 valence electrons. The van der Waals surface area contributed by atoms with E-state index < -0.39 is 0 Å². The summed E-state index contributed by atoms with van der Waals surface area (Å²) in [5, 5.41) is 4.08. The minimum atomic E-state index is -0.360. The number of aromatic amines is 1. The van der Waals surface area contributed by atoms with Gasteiger partial charge < -0.3 is 29.2 Å². The minimum absolute atomic E-state index is 0.234. The number of methoxy groups -OCH3 is 1. The van der Waals surface area contributed by atoms with Gasteiger partial charge in [-0.3, -0.25) is 9.80 Å². The van der Waals surface area contributed by atoms with E-state index in [-0.39, 0.29) is 12.9 Å². The number of fused-ring (bicyclic) bond motifs is 2. The molecule has 2 aliphatic heterocycles. The number of rotatable bonds is 9. The molecule has 0 radical (unpaired) electrons. The number of benzene rings is 2. The van der Waals surface area contributed by atoms with E-state index in [1.54, 1.807) is 7.11 Å². The molecule has 2 aromatic carbocycles. The first-order valence-corrected chi connectivity index (χ1v) is 12.5. The number of carbonyl (C=O) groups is 1. The Hall–Kier alpha value is -3.43. The first kappa shape index (κ1) is 24.3. The quantitative estimate of drug-likeness (QED) is 0.472. The average Bonchev–Trinajstić information content (AvgIpc) is 3.53. The van der Waals surface area contributed by atoms with Crippen LogP contribution in [0.25, 0.3) is 10.9 Å². The molecule has 0 saturated carbocycles. The van der Waals surface area contributed by atoms with Crippen molar-refractivity contribution in [3.63, 3.8) is 0 Å². The van der Waals surface area contributed by atoms with Crippen molar-refractivity contribution in [1.82, 2.24) is 20.1 Å². The Morgan fingerprint density at radius 2 is 1.97 bits per heavy atom. The normalized spacial score (nSPS) is 15.8. The fraction of sp³-hybridized carbons (Fsp3) is 0.444. The van der Waals surface area contributed by atoms with Crippen molar-refractivity contribution in [2.75, 3.05) is 59.8 Å². The van der Waals surface area contributed by atoms with Crippen molar-refractivity contribution in [2.24, 2.45) is 0 Å². The number of hydrogen-bond acceptors (Lipinski definition) is 7. The summed E-state index contributed by atoms with van der Waals surface area (Å²) in [4.78, 5) is 20.2. The van der Waals surface area contributed by atoms with Crippen LogP contribution in [0.2, 0.25) is 0 Å². The number of hydrogen-bond donors (Lipinski definition) is 2. The predicted octanol–water partition coefficient (Wildman–Crippen LogP) is 3.30. The van der Waals surface area contributed by atoms with Gasteiger partial charge in [0, 0.05) is 62.9 Å². The van der Waals surface area contributed by atoms with E-state index in [4.69, 9.17) is 18.9 Å². The highest BCUT2D eigenvalue weighted by atomic mass is 16.7. The van der Waals surface area contributed by atoms with E-state index in [0.29, 0.717) is 24.7 Å². The molecule has 0 aliphatic carbocycles. The van der Waals surface area contributed by atoms with Gasteiger partial charge in [-0.05, 0) is 42.2 Å². The van der Waals surface area contributed by atoms with E-state index >= 15 is 0 Å². The average molecular weight is 495 g/mol. The summed E-state index contributed by atoms with van der Waals surface area (Å²) < 4.78 is 21.9. The second kappa shape index (κ2) is 11.1. The Morgan fingerprint density at radius 1 is 1.14 bits per heavy atom. The smallest absolute Gasteiger partial charge is 0.407 e. The van der Waals surface area contributed by atoms with Crippen LogP contribution in [0.4, 0.5) is 4.79 Å². The van der Waals surface area contributed by atoms with Gasteiger partial charge in [-0.2, -0.15) is 0 Å². The van der Waals surface area contributed by atoms with Gasteiger partial charge in [0.2, 0.25) is 12.5 Å². The van der Waals surface area contributed by atoms with E-state index in [0.717, 1.165) is 62.5 Å². The first-order valence-electron chi connectivity index (χ1n) is 12.5. The van der Waals surface area contributed by atoms with Crippen LogP contribution < -0.4 is 19.5 Å². The molecule has 2 N–H and O–H groups in total. The molecule has 5 rings (SSSR count). The summed E-state index contributed by atoms with van der Waals surface area (Å²) in [6.45, 7) is 8.60. The van der Waals surface area contributed by atoms with Gasteiger partial charge in [-0.25, -0.2) is 4.79 Å². The van der Waals surface area contributed by atoms with Crippen molar-refractivity contribution >= 4 is 17.0 Å². The second-order valence-electron chi connectivity index (χ2n) is 9.27. The Balaban J connectivity index is 0.988. The van der Waals surface area contributed by atoms with Crippen molar-refractivity contribution < 1.29 is 23.7 Å². The Labute approximate surface area is 211 Å². The molecule has 1 amide bonds.